The van der Waals surface area contributed by atoms with E-state index in [1.165, 1.54) is 5.56 Å². The van der Waals surface area contributed by atoms with E-state index in [1.807, 2.05) is 12.1 Å². The smallest absolute Gasteiger partial charge is 0.191 e. The molecule has 0 bridgehead atoms. The molecule has 0 aliphatic carbocycles. The first kappa shape index (κ1) is 17.3. The summed E-state index contributed by atoms with van der Waals surface area (Å²) in [6.45, 7) is 9.16. The van der Waals surface area contributed by atoms with E-state index in [-0.39, 0.29) is 0 Å². The highest BCUT2D eigenvalue weighted by Crippen LogP contribution is 2.11. The predicted molar refractivity (Wildman–Crippen MR) is 90.1 cm³/mol. The van der Waals surface area contributed by atoms with Crippen molar-refractivity contribution >= 4 is 5.96 Å². The van der Waals surface area contributed by atoms with E-state index in [2.05, 4.69) is 48.5 Å². The average Bonchev–Trinajstić information content (AvgIpc) is 2.47. The third-order valence-electron chi connectivity index (χ3n) is 3.19. The number of nitrogens with one attached hydrogen (secondary N) is 2. The minimum atomic E-state index is 0.691. The first-order chi connectivity index (χ1) is 10.2. The molecule has 0 atom stereocenters. The first-order valence-electron chi connectivity index (χ1n) is 7.80. The lowest BCUT2D eigenvalue weighted by atomic mass is 10.1. The number of hydrogen-bond acceptors (Lipinski definition) is 2. The highest BCUT2D eigenvalue weighted by Gasteiger charge is 1.99. The molecule has 1 aromatic rings. The van der Waals surface area contributed by atoms with Gasteiger partial charge in [0.2, 0.25) is 0 Å². The Morgan fingerprint density at radius 2 is 1.90 bits per heavy atom. The molecule has 0 aliphatic rings. The Morgan fingerprint density at radius 1 is 1.19 bits per heavy atom. The van der Waals surface area contributed by atoms with Crippen LogP contribution < -0.4 is 15.4 Å². The Kier molecular flexibility index (Phi) is 8.32. The number of nitrogens with zero attached hydrogens (tertiary/aromatic N) is 1. The molecule has 0 aromatic heterocycles. The second-order valence-corrected chi connectivity index (χ2v) is 5.47. The van der Waals surface area contributed by atoms with Gasteiger partial charge in [-0.05, 0) is 43.4 Å². The number of benzene rings is 1. The van der Waals surface area contributed by atoms with Crippen molar-refractivity contribution in [1.82, 2.24) is 10.6 Å². The molecule has 0 saturated carbocycles. The van der Waals surface area contributed by atoms with E-state index in [9.17, 15) is 0 Å². The quantitative estimate of drug-likeness (QED) is 0.572. The second-order valence-electron chi connectivity index (χ2n) is 5.47. The molecule has 1 aromatic carbocycles. The largest absolute Gasteiger partial charge is 0.497 e. The van der Waals surface area contributed by atoms with Crippen molar-refractivity contribution in [2.45, 2.75) is 33.6 Å². The highest BCUT2D eigenvalue weighted by molar-refractivity contribution is 5.79. The zero-order valence-electron chi connectivity index (χ0n) is 13.8. The molecule has 2 N–H and O–H groups in total. The predicted octanol–water partition coefficient (Wildman–Crippen LogP) is 2.84. The molecule has 0 saturated heterocycles. The van der Waals surface area contributed by atoms with Crippen molar-refractivity contribution < 1.29 is 4.74 Å². The van der Waals surface area contributed by atoms with Gasteiger partial charge >= 0.3 is 0 Å². The lowest BCUT2D eigenvalue weighted by Crippen LogP contribution is -2.38. The third-order valence-corrected chi connectivity index (χ3v) is 3.19. The molecule has 0 amide bonds. The van der Waals surface area contributed by atoms with Crippen LogP contribution in [0.25, 0.3) is 0 Å². The second kappa shape index (κ2) is 10.1. The molecule has 0 heterocycles. The molecule has 0 aliphatic heterocycles. The average molecular weight is 291 g/mol. The SMILES string of the molecule is CCNC(=NCCC(C)C)NCCc1ccc(OC)cc1. The van der Waals surface area contributed by atoms with Gasteiger partial charge in [-0.25, -0.2) is 0 Å². The fourth-order valence-electron chi connectivity index (χ4n) is 1.89. The Labute approximate surface area is 129 Å². The Balaban J connectivity index is 2.37. The van der Waals surface area contributed by atoms with Gasteiger partial charge in [0.25, 0.3) is 0 Å². The van der Waals surface area contributed by atoms with Gasteiger partial charge in [0.1, 0.15) is 5.75 Å². The van der Waals surface area contributed by atoms with Crippen molar-refractivity contribution in [2.75, 3.05) is 26.7 Å². The van der Waals surface area contributed by atoms with Crippen LogP contribution in [0.4, 0.5) is 0 Å². The summed E-state index contributed by atoms with van der Waals surface area (Å²) in [4.78, 5) is 4.59. The van der Waals surface area contributed by atoms with Gasteiger partial charge in [0.05, 0.1) is 7.11 Å². The molecule has 21 heavy (non-hydrogen) atoms. The van der Waals surface area contributed by atoms with Crippen LogP contribution in [0.15, 0.2) is 29.3 Å². The maximum atomic E-state index is 5.16. The van der Waals surface area contributed by atoms with E-state index >= 15 is 0 Å². The van der Waals surface area contributed by atoms with Crippen molar-refractivity contribution in [3.8, 4) is 5.75 Å². The monoisotopic (exact) mass is 291 g/mol. The zero-order valence-corrected chi connectivity index (χ0v) is 13.8. The molecule has 0 fully saturated rings. The Hall–Kier alpha value is -1.71. The topological polar surface area (TPSA) is 45.7 Å². The van der Waals surface area contributed by atoms with Crippen LogP contribution in [0.5, 0.6) is 5.75 Å². The maximum absolute atomic E-state index is 5.16. The van der Waals surface area contributed by atoms with E-state index in [0.29, 0.717) is 5.92 Å². The van der Waals surface area contributed by atoms with Gasteiger partial charge in [0, 0.05) is 19.6 Å². The lowest BCUT2D eigenvalue weighted by Gasteiger charge is -2.12. The number of hydrogen-bond donors (Lipinski definition) is 2. The lowest BCUT2D eigenvalue weighted by molar-refractivity contribution is 0.414. The summed E-state index contributed by atoms with van der Waals surface area (Å²) in [6.07, 6.45) is 2.09. The number of methoxy groups -OCH3 is 1. The number of ether oxygens (including phenoxy) is 1. The van der Waals surface area contributed by atoms with Crippen LogP contribution in [0.2, 0.25) is 0 Å². The van der Waals surface area contributed by atoms with Gasteiger partial charge in [-0.1, -0.05) is 26.0 Å². The first-order valence-corrected chi connectivity index (χ1v) is 7.80. The van der Waals surface area contributed by atoms with Gasteiger partial charge in [-0.15, -0.1) is 0 Å². The molecule has 4 nitrogen and oxygen atoms in total. The normalized spacial score (nSPS) is 11.6. The van der Waals surface area contributed by atoms with Crippen molar-refractivity contribution in [1.29, 1.82) is 0 Å². The van der Waals surface area contributed by atoms with Crippen LogP contribution in [0, 0.1) is 5.92 Å². The summed E-state index contributed by atoms with van der Waals surface area (Å²) >= 11 is 0. The zero-order chi connectivity index (χ0) is 15.5. The molecule has 4 heteroatoms. The van der Waals surface area contributed by atoms with E-state index < -0.39 is 0 Å². The summed E-state index contributed by atoms with van der Waals surface area (Å²) in [6, 6.07) is 8.20. The molecule has 118 valence electrons. The van der Waals surface area contributed by atoms with Gasteiger partial charge < -0.3 is 15.4 Å². The summed E-state index contributed by atoms with van der Waals surface area (Å²) in [5.74, 6) is 2.50. The van der Waals surface area contributed by atoms with Crippen LogP contribution >= 0.6 is 0 Å². The summed E-state index contributed by atoms with van der Waals surface area (Å²) < 4.78 is 5.16. The third kappa shape index (κ3) is 7.59. The van der Waals surface area contributed by atoms with Crippen molar-refractivity contribution in [3.05, 3.63) is 29.8 Å². The van der Waals surface area contributed by atoms with E-state index in [4.69, 9.17) is 4.74 Å². The van der Waals surface area contributed by atoms with Gasteiger partial charge in [0.15, 0.2) is 5.96 Å². The van der Waals surface area contributed by atoms with E-state index in [1.54, 1.807) is 7.11 Å². The molecular weight excluding hydrogens is 262 g/mol. The highest BCUT2D eigenvalue weighted by atomic mass is 16.5. The molecule has 0 unspecified atom stereocenters. The van der Waals surface area contributed by atoms with Crippen LogP contribution in [-0.2, 0) is 6.42 Å². The Bertz CT molecular complexity index is 413. The number of guanidine groups is 1. The molecular formula is C17H29N3O. The summed E-state index contributed by atoms with van der Waals surface area (Å²) in [7, 11) is 1.69. The molecule has 1 rings (SSSR count). The van der Waals surface area contributed by atoms with Crippen LogP contribution in [0.1, 0.15) is 32.8 Å². The molecule has 0 spiro atoms. The summed E-state index contributed by atoms with van der Waals surface area (Å²) in [5.41, 5.74) is 1.29. The maximum Gasteiger partial charge on any atom is 0.191 e. The fourth-order valence-corrected chi connectivity index (χ4v) is 1.89. The van der Waals surface area contributed by atoms with Crippen LogP contribution in [0.3, 0.4) is 0 Å². The Morgan fingerprint density at radius 3 is 2.48 bits per heavy atom. The standard InChI is InChI=1S/C17H29N3O/c1-5-18-17(19-12-10-14(2)3)20-13-11-15-6-8-16(21-4)9-7-15/h6-9,14H,5,10-13H2,1-4H3,(H2,18,19,20). The van der Waals surface area contributed by atoms with Crippen LogP contribution in [-0.4, -0.2) is 32.7 Å². The summed E-state index contributed by atoms with van der Waals surface area (Å²) in [5, 5.41) is 6.66. The van der Waals surface area contributed by atoms with Gasteiger partial charge in [-0.3, -0.25) is 4.99 Å². The minimum absolute atomic E-state index is 0.691. The fraction of sp³-hybridized carbons (Fsp3) is 0.588. The minimum Gasteiger partial charge on any atom is -0.497 e. The van der Waals surface area contributed by atoms with Gasteiger partial charge in [-0.2, -0.15) is 0 Å². The number of rotatable bonds is 8. The van der Waals surface area contributed by atoms with Crippen molar-refractivity contribution in [3.63, 3.8) is 0 Å². The number of aliphatic imine (C=N–C) groups is 1. The molecule has 0 radical (unpaired) electrons. The van der Waals surface area contributed by atoms with E-state index in [0.717, 1.165) is 44.2 Å². The van der Waals surface area contributed by atoms with Crippen molar-refractivity contribution in [2.24, 2.45) is 10.9 Å².